The first-order valence-corrected chi connectivity index (χ1v) is 9.86. The number of hydrogen-bond donors (Lipinski definition) is 1. The van der Waals surface area contributed by atoms with E-state index in [0.717, 1.165) is 25.0 Å². The molecule has 136 valence electrons. The van der Waals surface area contributed by atoms with Crippen LogP contribution in [-0.4, -0.2) is 38.4 Å². The van der Waals surface area contributed by atoms with Crippen LogP contribution in [0.2, 0.25) is 5.02 Å². The Labute approximate surface area is 156 Å². The molecule has 1 N–H and O–H groups in total. The Kier molecular flexibility index (Phi) is 7.32. The number of likely N-dealkylation sites (N-methyl/N-ethyl adjacent to an activating group) is 2. The summed E-state index contributed by atoms with van der Waals surface area (Å²) in [5, 5.41) is 3.91. The topological polar surface area (TPSA) is 49.4 Å². The number of nitrogens with zero attached hydrogens (tertiary/aromatic N) is 1. The molecule has 0 fully saturated rings. The standard InChI is InChI=1S/C17H25ClN2O2S.ClH/c1-5-17(6-2)15(12-19-7-3)16(23(21,22)20(17)4)13-8-10-14(18)11-9-13;/h8-11,19H,5-7,12H2,1-4H3;1H. The lowest BCUT2D eigenvalue weighted by molar-refractivity contribution is 0.252. The van der Waals surface area contributed by atoms with Crippen molar-refractivity contribution in [1.82, 2.24) is 9.62 Å². The van der Waals surface area contributed by atoms with Gasteiger partial charge in [-0.25, -0.2) is 8.42 Å². The summed E-state index contributed by atoms with van der Waals surface area (Å²) in [5.41, 5.74) is 1.20. The van der Waals surface area contributed by atoms with E-state index < -0.39 is 15.6 Å². The van der Waals surface area contributed by atoms with Gasteiger partial charge in [0.2, 0.25) is 10.0 Å². The average molecular weight is 393 g/mol. The summed E-state index contributed by atoms with van der Waals surface area (Å²) in [4.78, 5) is 0.432. The molecular formula is C17H26Cl2N2O2S. The lowest BCUT2D eigenvalue weighted by atomic mass is 9.83. The van der Waals surface area contributed by atoms with Crippen LogP contribution >= 0.6 is 24.0 Å². The molecule has 4 nitrogen and oxygen atoms in total. The summed E-state index contributed by atoms with van der Waals surface area (Å²) in [6.45, 7) is 7.48. The Morgan fingerprint density at radius 1 is 1.12 bits per heavy atom. The van der Waals surface area contributed by atoms with Crippen molar-refractivity contribution in [3.05, 3.63) is 40.4 Å². The second kappa shape index (κ2) is 8.19. The predicted octanol–water partition coefficient (Wildman–Crippen LogP) is 3.92. The van der Waals surface area contributed by atoms with Gasteiger partial charge in [-0.3, -0.25) is 0 Å². The van der Waals surface area contributed by atoms with E-state index in [1.165, 1.54) is 0 Å². The minimum absolute atomic E-state index is 0. The van der Waals surface area contributed by atoms with Crippen LogP contribution in [0.1, 0.15) is 39.2 Å². The van der Waals surface area contributed by atoms with Gasteiger partial charge in [0, 0.05) is 18.6 Å². The summed E-state index contributed by atoms with van der Waals surface area (Å²) in [7, 11) is -1.82. The first-order valence-electron chi connectivity index (χ1n) is 8.04. The molecule has 0 amide bonds. The van der Waals surface area contributed by atoms with Crippen LogP contribution in [0, 0.1) is 0 Å². The van der Waals surface area contributed by atoms with E-state index in [-0.39, 0.29) is 12.4 Å². The summed E-state index contributed by atoms with van der Waals surface area (Å²) in [6, 6.07) is 7.05. The van der Waals surface area contributed by atoms with Crippen molar-refractivity contribution in [2.75, 3.05) is 20.1 Å². The molecule has 0 bridgehead atoms. The summed E-state index contributed by atoms with van der Waals surface area (Å²) >= 11 is 5.96. The van der Waals surface area contributed by atoms with Crippen LogP contribution in [0.3, 0.4) is 0 Å². The quantitative estimate of drug-likeness (QED) is 0.797. The van der Waals surface area contributed by atoms with E-state index in [4.69, 9.17) is 11.6 Å². The molecule has 1 aromatic carbocycles. The third-order valence-electron chi connectivity index (χ3n) is 4.89. The first kappa shape index (κ1) is 21.5. The van der Waals surface area contributed by atoms with Crippen LogP contribution in [0.5, 0.6) is 0 Å². The molecule has 0 spiro atoms. The average Bonchev–Trinajstić information content (AvgIpc) is 2.71. The fraction of sp³-hybridized carbons (Fsp3) is 0.529. The number of nitrogens with one attached hydrogen (secondary N) is 1. The van der Waals surface area contributed by atoms with Crippen LogP contribution in [0.15, 0.2) is 29.8 Å². The van der Waals surface area contributed by atoms with E-state index >= 15 is 0 Å². The molecule has 2 rings (SSSR count). The first-order chi connectivity index (χ1) is 10.8. The van der Waals surface area contributed by atoms with Gasteiger partial charge in [-0.15, -0.1) is 12.4 Å². The van der Waals surface area contributed by atoms with Gasteiger partial charge in [0.05, 0.1) is 10.4 Å². The number of halogens is 2. The van der Waals surface area contributed by atoms with Crippen molar-refractivity contribution in [3.8, 4) is 0 Å². The van der Waals surface area contributed by atoms with Gasteiger partial charge in [-0.05, 0) is 42.7 Å². The molecule has 24 heavy (non-hydrogen) atoms. The van der Waals surface area contributed by atoms with E-state index in [0.29, 0.717) is 22.0 Å². The SMILES string of the molecule is CCNCC1=C(c2ccc(Cl)cc2)S(=O)(=O)N(C)C1(CC)CC.Cl. The Morgan fingerprint density at radius 3 is 2.12 bits per heavy atom. The second-order valence-electron chi connectivity index (χ2n) is 5.81. The lowest BCUT2D eigenvalue weighted by Crippen LogP contribution is -2.46. The molecule has 1 heterocycles. The van der Waals surface area contributed by atoms with Crippen LogP contribution in [0.25, 0.3) is 4.91 Å². The van der Waals surface area contributed by atoms with Gasteiger partial charge in [0.1, 0.15) is 0 Å². The normalized spacial score (nSPS) is 19.4. The highest BCUT2D eigenvalue weighted by Gasteiger charge is 2.51. The lowest BCUT2D eigenvalue weighted by Gasteiger charge is -2.35. The second-order valence-corrected chi connectivity index (χ2v) is 8.15. The van der Waals surface area contributed by atoms with Crippen molar-refractivity contribution >= 4 is 38.9 Å². The zero-order valence-corrected chi connectivity index (χ0v) is 17.0. The Bertz CT molecular complexity index is 696. The number of benzene rings is 1. The fourth-order valence-corrected chi connectivity index (χ4v) is 5.70. The Hall–Kier alpha value is -0.590. The summed E-state index contributed by atoms with van der Waals surface area (Å²) in [5.74, 6) is 0. The van der Waals surface area contributed by atoms with Gasteiger partial charge in [-0.2, -0.15) is 4.31 Å². The van der Waals surface area contributed by atoms with Crippen molar-refractivity contribution in [1.29, 1.82) is 0 Å². The third kappa shape index (κ3) is 3.37. The molecular weight excluding hydrogens is 367 g/mol. The van der Waals surface area contributed by atoms with Gasteiger partial charge in [0.25, 0.3) is 0 Å². The minimum Gasteiger partial charge on any atom is -0.313 e. The maximum Gasteiger partial charge on any atom is 0.244 e. The highest BCUT2D eigenvalue weighted by atomic mass is 35.5. The molecule has 0 saturated heterocycles. The van der Waals surface area contributed by atoms with Crippen LogP contribution in [-0.2, 0) is 10.0 Å². The minimum atomic E-state index is -3.51. The summed E-state index contributed by atoms with van der Waals surface area (Å²) < 4.78 is 27.7. The highest BCUT2D eigenvalue weighted by molar-refractivity contribution is 7.98. The monoisotopic (exact) mass is 392 g/mol. The molecule has 1 aliphatic heterocycles. The van der Waals surface area contributed by atoms with Crippen molar-refractivity contribution in [2.24, 2.45) is 0 Å². The summed E-state index contributed by atoms with van der Waals surface area (Å²) in [6.07, 6.45) is 1.49. The maximum atomic E-state index is 13.1. The van der Waals surface area contributed by atoms with Gasteiger partial charge in [-0.1, -0.05) is 44.5 Å². The van der Waals surface area contributed by atoms with E-state index in [2.05, 4.69) is 5.32 Å². The number of sulfonamides is 1. The zero-order valence-electron chi connectivity index (χ0n) is 14.6. The maximum absolute atomic E-state index is 13.1. The molecule has 0 saturated carbocycles. The predicted molar refractivity (Wildman–Crippen MR) is 104 cm³/mol. The van der Waals surface area contributed by atoms with Gasteiger partial charge < -0.3 is 5.32 Å². The van der Waals surface area contributed by atoms with E-state index in [9.17, 15) is 8.42 Å². The third-order valence-corrected chi connectivity index (χ3v) is 7.21. The van der Waals surface area contributed by atoms with Gasteiger partial charge >= 0.3 is 0 Å². The van der Waals surface area contributed by atoms with Crippen LogP contribution in [0.4, 0.5) is 0 Å². The van der Waals surface area contributed by atoms with E-state index in [1.807, 2.05) is 20.8 Å². The fourth-order valence-electron chi connectivity index (χ4n) is 3.47. The molecule has 0 aliphatic carbocycles. The van der Waals surface area contributed by atoms with Crippen LogP contribution < -0.4 is 5.32 Å². The largest absolute Gasteiger partial charge is 0.313 e. The van der Waals surface area contributed by atoms with Gasteiger partial charge in [0.15, 0.2) is 0 Å². The van der Waals surface area contributed by atoms with E-state index in [1.54, 1.807) is 35.6 Å². The molecule has 0 unspecified atom stereocenters. The molecule has 0 aromatic heterocycles. The molecule has 0 atom stereocenters. The smallest absolute Gasteiger partial charge is 0.244 e. The molecule has 1 aromatic rings. The number of hydrogen-bond acceptors (Lipinski definition) is 3. The highest BCUT2D eigenvalue weighted by Crippen LogP contribution is 2.47. The van der Waals surface area contributed by atoms with Crippen molar-refractivity contribution in [2.45, 2.75) is 39.2 Å². The zero-order chi connectivity index (χ0) is 17.3. The van der Waals surface area contributed by atoms with Crippen molar-refractivity contribution in [3.63, 3.8) is 0 Å². The molecule has 0 radical (unpaired) electrons. The Balaban J connectivity index is 0.00000288. The van der Waals surface area contributed by atoms with Crippen molar-refractivity contribution < 1.29 is 8.42 Å². The number of rotatable bonds is 6. The Morgan fingerprint density at radius 2 is 1.67 bits per heavy atom. The molecule has 1 aliphatic rings. The molecule has 7 heteroatoms.